The molecule has 5 aromatic rings. The van der Waals surface area contributed by atoms with Gasteiger partial charge in [0, 0.05) is 16.1 Å². The summed E-state index contributed by atoms with van der Waals surface area (Å²) in [6.07, 6.45) is 0. The van der Waals surface area contributed by atoms with E-state index >= 15 is 0 Å². The normalized spacial score (nSPS) is 11.8. The maximum Gasteiger partial charge on any atom is 0.272 e. The van der Waals surface area contributed by atoms with Gasteiger partial charge in [-0.2, -0.15) is 0 Å². The van der Waals surface area contributed by atoms with Gasteiger partial charge in [-0.05, 0) is 47.3 Å². The van der Waals surface area contributed by atoms with E-state index in [0.29, 0.717) is 33.5 Å². The van der Waals surface area contributed by atoms with Gasteiger partial charge in [0.05, 0.1) is 22.3 Å². The highest BCUT2D eigenvalue weighted by Gasteiger charge is 2.18. The first kappa shape index (κ1) is 20.4. The lowest BCUT2D eigenvalue weighted by Gasteiger charge is -2.11. The van der Waals surface area contributed by atoms with Crippen molar-refractivity contribution in [1.82, 2.24) is 9.78 Å². The van der Waals surface area contributed by atoms with Crippen molar-refractivity contribution in [3.05, 3.63) is 106 Å². The number of hydrogen-bond acceptors (Lipinski definition) is 3. The monoisotopic (exact) mass is 463 g/mol. The number of rotatable bonds is 5. The van der Waals surface area contributed by atoms with Crippen molar-refractivity contribution in [3.8, 4) is 0 Å². The second-order valence-corrected chi connectivity index (χ2v) is 9.56. The SMILES string of the molecule is O=c1[nH]n(Cc2ccc(Cl)cc2)c2ccc(NS(=O)(=O)c3cccc4ccccc34)cc12. The molecule has 0 aliphatic carbocycles. The quantitative estimate of drug-likeness (QED) is 0.385. The Hall–Kier alpha value is -3.55. The lowest BCUT2D eigenvalue weighted by Crippen LogP contribution is -2.13. The van der Waals surface area contributed by atoms with Gasteiger partial charge in [-0.3, -0.25) is 19.3 Å². The molecular weight excluding hydrogens is 446 g/mol. The van der Waals surface area contributed by atoms with Crippen LogP contribution in [0.1, 0.15) is 5.56 Å². The molecule has 0 saturated heterocycles. The Morgan fingerprint density at radius 3 is 2.44 bits per heavy atom. The van der Waals surface area contributed by atoms with Gasteiger partial charge in [0.2, 0.25) is 0 Å². The average Bonchev–Trinajstić information content (AvgIpc) is 3.09. The third kappa shape index (κ3) is 3.77. The molecule has 1 heterocycles. The molecule has 160 valence electrons. The predicted octanol–water partition coefficient (Wildman–Crippen LogP) is 4.99. The number of sulfonamides is 1. The fraction of sp³-hybridized carbons (Fsp3) is 0.0417. The molecule has 0 saturated carbocycles. The first-order chi connectivity index (χ1) is 15.4. The molecule has 0 atom stereocenters. The predicted molar refractivity (Wildman–Crippen MR) is 128 cm³/mol. The van der Waals surface area contributed by atoms with Crippen LogP contribution in [-0.4, -0.2) is 18.2 Å². The Morgan fingerprint density at radius 1 is 0.875 bits per heavy atom. The molecular formula is C24H18ClN3O3S. The van der Waals surface area contributed by atoms with E-state index < -0.39 is 10.0 Å². The number of nitrogens with zero attached hydrogens (tertiary/aromatic N) is 1. The fourth-order valence-electron chi connectivity index (χ4n) is 3.80. The molecule has 1 aromatic heterocycles. The van der Waals surface area contributed by atoms with Crippen LogP contribution in [0.2, 0.25) is 5.02 Å². The Morgan fingerprint density at radius 2 is 1.62 bits per heavy atom. The lowest BCUT2D eigenvalue weighted by atomic mass is 10.1. The van der Waals surface area contributed by atoms with Gasteiger partial charge in [-0.25, -0.2) is 8.42 Å². The number of aromatic nitrogens is 2. The summed E-state index contributed by atoms with van der Waals surface area (Å²) in [5.41, 5.74) is 1.68. The summed E-state index contributed by atoms with van der Waals surface area (Å²) in [6.45, 7) is 0.455. The van der Waals surface area contributed by atoms with Crippen LogP contribution in [-0.2, 0) is 16.6 Å². The van der Waals surface area contributed by atoms with Gasteiger partial charge in [-0.1, -0.05) is 60.1 Å². The number of aromatic amines is 1. The van der Waals surface area contributed by atoms with Crippen molar-refractivity contribution in [2.75, 3.05) is 4.72 Å². The van der Waals surface area contributed by atoms with Crippen LogP contribution in [0, 0.1) is 0 Å². The molecule has 0 spiro atoms. The van der Waals surface area contributed by atoms with Crippen molar-refractivity contribution < 1.29 is 8.42 Å². The maximum atomic E-state index is 13.1. The summed E-state index contributed by atoms with van der Waals surface area (Å²) in [7, 11) is -3.85. The summed E-state index contributed by atoms with van der Waals surface area (Å²) in [5, 5.41) is 5.32. The van der Waals surface area contributed by atoms with Crippen LogP contribution in [0.4, 0.5) is 5.69 Å². The Labute approximate surface area is 189 Å². The molecule has 0 aliphatic rings. The summed E-state index contributed by atoms with van der Waals surface area (Å²) < 4.78 is 30.5. The smallest absolute Gasteiger partial charge is 0.272 e. The minimum atomic E-state index is -3.85. The standard InChI is InChI=1S/C24H18ClN3O3S/c25-18-10-8-16(9-11-18)15-28-22-13-12-19(14-21(22)24(29)26-28)27-32(30,31)23-7-3-5-17-4-1-2-6-20(17)23/h1-14,27H,15H2,(H,26,29). The molecule has 5 rings (SSSR count). The minimum absolute atomic E-state index is 0.185. The van der Waals surface area contributed by atoms with Crippen LogP contribution >= 0.6 is 11.6 Å². The first-order valence-corrected chi connectivity index (χ1v) is 11.7. The molecule has 6 nitrogen and oxygen atoms in total. The van der Waals surface area contributed by atoms with Crippen molar-refractivity contribution in [3.63, 3.8) is 0 Å². The van der Waals surface area contributed by atoms with E-state index in [9.17, 15) is 13.2 Å². The number of hydrogen-bond donors (Lipinski definition) is 2. The zero-order valence-corrected chi connectivity index (χ0v) is 18.3. The van der Waals surface area contributed by atoms with E-state index in [2.05, 4.69) is 9.82 Å². The van der Waals surface area contributed by atoms with Crippen molar-refractivity contribution in [2.24, 2.45) is 0 Å². The van der Waals surface area contributed by atoms with Gasteiger partial charge in [-0.15, -0.1) is 0 Å². The Balaban J connectivity index is 1.49. The summed E-state index contributed by atoms with van der Waals surface area (Å²) in [5.74, 6) is 0. The maximum absolute atomic E-state index is 13.1. The zero-order chi connectivity index (χ0) is 22.3. The number of halogens is 1. The van der Waals surface area contributed by atoms with Crippen LogP contribution in [0.3, 0.4) is 0 Å². The molecule has 0 unspecified atom stereocenters. The highest BCUT2D eigenvalue weighted by atomic mass is 35.5. The molecule has 32 heavy (non-hydrogen) atoms. The third-order valence-corrected chi connectivity index (χ3v) is 7.01. The van der Waals surface area contributed by atoms with E-state index in [1.165, 1.54) is 0 Å². The van der Waals surface area contributed by atoms with E-state index in [4.69, 9.17) is 11.6 Å². The molecule has 4 aromatic carbocycles. The number of fused-ring (bicyclic) bond motifs is 2. The summed E-state index contributed by atoms with van der Waals surface area (Å²) in [6, 6.07) is 24.7. The number of nitrogens with one attached hydrogen (secondary N) is 2. The molecule has 0 aliphatic heterocycles. The van der Waals surface area contributed by atoms with E-state index in [1.54, 1.807) is 59.3 Å². The van der Waals surface area contributed by atoms with Gasteiger partial charge in [0.1, 0.15) is 0 Å². The average molecular weight is 464 g/mol. The fourth-order valence-corrected chi connectivity index (χ4v) is 5.20. The van der Waals surface area contributed by atoms with Gasteiger partial charge >= 0.3 is 0 Å². The van der Waals surface area contributed by atoms with Crippen molar-refractivity contribution in [2.45, 2.75) is 11.4 Å². The zero-order valence-electron chi connectivity index (χ0n) is 16.7. The minimum Gasteiger partial charge on any atom is -0.280 e. The van der Waals surface area contributed by atoms with E-state index in [-0.39, 0.29) is 10.5 Å². The van der Waals surface area contributed by atoms with Gasteiger partial charge < -0.3 is 0 Å². The topological polar surface area (TPSA) is 84.0 Å². The molecule has 0 fully saturated rings. The Kier molecular flexibility index (Phi) is 5.00. The highest BCUT2D eigenvalue weighted by molar-refractivity contribution is 7.93. The lowest BCUT2D eigenvalue weighted by molar-refractivity contribution is 0.602. The van der Waals surface area contributed by atoms with E-state index in [0.717, 1.165) is 10.9 Å². The number of benzene rings is 4. The summed E-state index contributed by atoms with van der Waals surface area (Å²) in [4.78, 5) is 12.7. The highest BCUT2D eigenvalue weighted by Crippen LogP contribution is 2.26. The van der Waals surface area contributed by atoms with Crippen molar-refractivity contribution in [1.29, 1.82) is 0 Å². The Bertz CT molecular complexity index is 1620. The molecule has 0 bridgehead atoms. The first-order valence-electron chi connectivity index (χ1n) is 9.88. The van der Waals surface area contributed by atoms with E-state index in [1.807, 2.05) is 30.3 Å². The molecule has 0 radical (unpaired) electrons. The largest absolute Gasteiger partial charge is 0.280 e. The van der Waals surface area contributed by atoms with Gasteiger partial charge in [0.15, 0.2) is 0 Å². The van der Waals surface area contributed by atoms with Crippen molar-refractivity contribution >= 4 is 49.0 Å². The third-order valence-electron chi connectivity index (χ3n) is 5.31. The van der Waals surface area contributed by atoms with Crippen LogP contribution in [0.5, 0.6) is 0 Å². The molecule has 0 amide bonds. The summed E-state index contributed by atoms with van der Waals surface area (Å²) >= 11 is 5.94. The van der Waals surface area contributed by atoms with Crippen LogP contribution in [0.25, 0.3) is 21.7 Å². The molecule has 8 heteroatoms. The second-order valence-electron chi connectivity index (χ2n) is 7.47. The molecule has 2 N–H and O–H groups in total. The van der Waals surface area contributed by atoms with Gasteiger partial charge in [0.25, 0.3) is 15.6 Å². The van der Waals surface area contributed by atoms with Crippen LogP contribution < -0.4 is 10.3 Å². The second kappa shape index (κ2) is 7.85. The number of H-pyrrole nitrogens is 1. The number of anilines is 1. The van der Waals surface area contributed by atoms with Crippen LogP contribution in [0.15, 0.2) is 94.6 Å².